The normalized spacial score (nSPS) is 13.4. The molecule has 1 unspecified atom stereocenters. The molecule has 1 atom stereocenters. The van der Waals surface area contributed by atoms with E-state index < -0.39 is 20.7 Å². The number of rotatable bonds is 7. The van der Waals surface area contributed by atoms with Crippen molar-refractivity contribution in [2.75, 3.05) is 12.0 Å². The molecule has 1 rings (SSSR count). The van der Waals surface area contributed by atoms with Crippen LogP contribution in [0, 0.1) is 5.82 Å². The maximum atomic E-state index is 14.1. The number of hydrogen-bond acceptors (Lipinski definition) is 4. The van der Waals surface area contributed by atoms with Gasteiger partial charge in [0.2, 0.25) is 10.0 Å². The molecule has 0 bridgehead atoms. The summed E-state index contributed by atoms with van der Waals surface area (Å²) >= 11 is 7.34. The predicted molar refractivity (Wildman–Crippen MR) is 82.1 cm³/mol. The van der Waals surface area contributed by atoms with Gasteiger partial charge in [0.05, 0.1) is 0 Å². The molecule has 0 radical (unpaired) electrons. The molecule has 0 aliphatic heterocycles. The highest BCUT2D eigenvalue weighted by atomic mass is 35.5. The van der Waals surface area contributed by atoms with Gasteiger partial charge < -0.3 is 5.73 Å². The van der Waals surface area contributed by atoms with Crippen LogP contribution >= 0.6 is 23.4 Å². The highest BCUT2D eigenvalue weighted by molar-refractivity contribution is 7.98. The smallest absolute Gasteiger partial charge is 0.243 e. The van der Waals surface area contributed by atoms with Crippen molar-refractivity contribution in [1.82, 2.24) is 4.72 Å². The van der Waals surface area contributed by atoms with Gasteiger partial charge in [-0.2, -0.15) is 11.8 Å². The molecule has 0 heterocycles. The molecule has 114 valence electrons. The van der Waals surface area contributed by atoms with Crippen molar-refractivity contribution in [3.8, 4) is 0 Å². The van der Waals surface area contributed by atoms with Gasteiger partial charge in [-0.1, -0.05) is 18.5 Å². The topological polar surface area (TPSA) is 72.2 Å². The van der Waals surface area contributed by atoms with Crippen molar-refractivity contribution in [1.29, 1.82) is 0 Å². The van der Waals surface area contributed by atoms with Gasteiger partial charge in [0.15, 0.2) is 0 Å². The first-order valence-corrected chi connectivity index (χ1v) is 9.30. The molecule has 0 saturated carbocycles. The largest absolute Gasteiger partial charge is 0.326 e. The minimum Gasteiger partial charge on any atom is -0.326 e. The minimum absolute atomic E-state index is 0.0794. The zero-order valence-corrected chi connectivity index (χ0v) is 13.7. The third kappa shape index (κ3) is 4.33. The van der Waals surface area contributed by atoms with Crippen molar-refractivity contribution in [3.63, 3.8) is 0 Å². The standard InChI is InChI=1S/C12H18ClFN2O2S2/c1-3-10(7-19-2)16-20(17,18)11-5-9(13)4-8(6-15)12(11)14/h4-5,10,16H,3,6-7,15H2,1-2H3. The summed E-state index contributed by atoms with van der Waals surface area (Å²) in [6.45, 7) is 1.75. The Kier molecular flexibility index (Phi) is 6.74. The molecule has 8 heteroatoms. The molecule has 1 aromatic rings. The van der Waals surface area contributed by atoms with Gasteiger partial charge in [0, 0.05) is 28.9 Å². The molecular formula is C12H18ClFN2O2S2. The number of hydrogen-bond donors (Lipinski definition) is 2. The van der Waals surface area contributed by atoms with Crippen LogP contribution in [0.15, 0.2) is 17.0 Å². The van der Waals surface area contributed by atoms with Crippen LogP contribution in [-0.4, -0.2) is 26.5 Å². The van der Waals surface area contributed by atoms with Crippen LogP contribution in [0.3, 0.4) is 0 Å². The number of halogens is 2. The summed E-state index contributed by atoms with van der Waals surface area (Å²) in [4.78, 5) is -0.454. The second-order valence-corrected chi connectivity index (χ2v) is 7.29. The Morgan fingerprint density at radius 1 is 1.50 bits per heavy atom. The first-order chi connectivity index (χ1) is 9.35. The van der Waals surface area contributed by atoms with Gasteiger partial charge in [0.1, 0.15) is 10.7 Å². The van der Waals surface area contributed by atoms with Crippen LogP contribution in [0.1, 0.15) is 18.9 Å². The Labute approximate surface area is 128 Å². The summed E-state index contributed by atoms with van der Waals surface area (Å²) in [6.07, 6.45) is 2.50. The Bertz CT molecular complexity index is 567. The molecule has 4 nitrogen and oxygen atoms in total. The number of nitrogens with two attached hydrogens (primary N) is 1. The first kappa shape index (κ1) is 17.7. The monoisotopic (exact) mass is 340 g/mol. The van der Waals surface area contributed by atoms with E-state index in [4.69, 9.17) is 17.3 Å². The minimum atomic E-state index is -3.96. The predicted octanol–water partition coefficient (Wildman–Crippen LogP) is 2.36. The number of sulfonamides is 1. The fourth-order valence-corrected chi connectivity index (χ4v) is 4.28. The van der Waals surface area contributed by atoms with Crippen molar-refractivity contribution in [2.45, 2.75) is 30.8 Å². The van der Waals surface area contributed by atoms with Crippen molar-refractivity contribution < 1.29 is 12.8 Å². The van der Waals surface area contributed by atoms with E-state index in [-0.39, 0.29) is 23.2 Å². The van der Waals surface area contributed by atoms with Gasteiger partial charge in [0.25, 0.3) is 0 Å². The molecule has 3 N–H and O–H groups in total. The third-order valence-electron chi connectivity index (χ3n) is 2.77. The summed E-state index contributed by atoms with van der Waals surface area (Å²) in [6, 6.07) is 2.17. The van der Waals surface area contributed by atoms with Crippen LogP contribution in [0.4, 0.5) is 4.39 Å². The Morgan fingerprint density at radius 3 is 2.65 bits per heavy atom. The van der Waals surface area contributed by atoms with Crippen LogP contribution in [-0.2, 0) is 16.6 Å². The Hall–Kier alpha value is -0.340. The molecule has 0 aliphatic rings. The van der Waals surface area contributed by atoms with Gasteiger partial charge >= 0.3 is 0 Å². The quantitative estimate of drug-likeness (QED) is 0.799. The number of nitrogens with one attached hydrogen (secondary N) is 1. The van der Waals surface area contributed by atoms with E-state index in [1.165, 1.54) is 17.8 Å². The van der Waals surface area contributed by atoms with E-state index in [1.54, 1.807) is 0 Å². The molecular weight excluding hydrogens is 323 g/mol. The van der Waals surface area contributed by atoms with E-state index in [1.807, 2.05) is 13.2 Å². The van der Waals surface area contributed by atoms with Crippen molar-refractivity contribution in [2.24, 2.45) is 5.73 Å². The zero-order chi connectivity index (χ0) is 15.3. The number of benzene rings is 1. The average molecular weight is 341 g/mol. The van der Waals surface area contributed by atoms with E-state index in [9.17, 15) is 12.8 Å². The van der Waals surface area contributed by atoms with E-state index in [2.05, 4.69) is 4.72 Å². The average Bonchev–Trinajstić information content (AvgIpc) is 2.40. The highest BCUT2D eigenvalue weighted by Gasteiger charge is 2.24. The molecule has 0 spiro atoms. The fourth-order valence-electron chi connectivity index (χ4n) is 1.68. The van der Waals surface area contributed by atoms with Crippen LogP contribution in [0.2, 0.25) is 5.02 Å². The fraction of sp³-hybridized carbons (Fsp3) is 0.500. The summed E-state index contributed by atoms with van der Waals surface area (Å²) in [5, 5.41) is 0.144. The lowest BCUT2D eigenvalue weighted by molar-refractivity contribution is 0.536. The molecule has 0 saturated heterocycles. The van der Waals surface area contributed by atoms with Gasteiger partial charge in [-0.15, -0.1) is 0 Å². The molecule has 0 amide bonds. The summed E-state index contributed by atoms with van der Waals surface area (Å²) < 4.78 is 41.1. The zero-order valence-electron chi connectivity index (χ0n) is 11.3. The Morgan fingerprint density at radius 2 is 2.15 bits per heavy atom. The molecule has 1 aromatic carbocycles. The van der Waals surface area contributed by atoms with Crippen LogP contribution in [0.5, 0.6) is 0 Å². The Balaban J connectivity index is 3.18. The second-order valence-electron chi connectivity index (χ2n) is 4.26. The maximum Gasteiger partial charge on any atom is 0.243 e. The summed E-state index contributed by atoms with van der Waals surface area (Å²) in [5.41, 5.74) is 5.47. The van der Waals surface area contributed by atoms with E-state index in [0.29, 0.717) is 12.2 Å². The van der Waals surface area contributed by atoms with Crippen LogP contribution < -0.4 is 10.5 Å². The van der Waals surface area contributed by atoms with Crippen molar-refractivity contribution in [3.05, 3.63) is 28.5 Å². The molecule has 0 fully saturated rings. The molecule has 20 heavy (non-hydrogen) atoms. The molecule has 0 aromatic heterocycles. The summed E-state index contributed by atoms with van der Waals surface area (Å²) in [7, 11) is -3.96. The number of thioether (sulfide) groups is 1. The molecule has 0 aliphatic carbocycles. The summed E-state index contributed by atoms with van der Waals surface area (Å²) in [5.74, 6) is -0.231. The lowest BCUT2D eigenvalue weighted by Crippen LogP contribution is -2.36. The van der Waals surface area contributed by atoms with Gasteiger partial charge in [-0.05, 0) is 24.8 Å². The van der Waals surface area contributed by atoms with Gasteiger partial charge in [-0.25, -0.2) is 17.5 Å². The first-order valence-electron chi connectivity index (χ1n) is 6.05. The SMILES string of the molecule is CCC(CSC)NS(=O)(=O)c1cc(Cl)cc(CN)c1F. The lowest BCUT2D eigenvalue weighted by atomic mass is 10.2. The van der Waals surface area contributed by atoms with Gasteiger partial charge in [-0.3, -0.25) is 0 Å². The van der Waals surface area contributed by atoms with E-state index >= 15 is 0 Å². The third-order valence-corrected chi connectivity index (χ3v) is 5.24. The van der Waals surface area contributed by atoms with Crippen LogP contribution in [0.25, 0.3) is 0 Å². The van der Waals surface area contributed by atoms with Crippen molar-refractivity contribution >= 4 is 33.4 Å². The highest BCUT2D eigenvalue weighted by Crippen LogP contribution is 2.24. The second kappa shape index (κ2) is 7.61. The van der Waals surface area contributed by atoms with E-state index in [0.717, 1.165) is 6.07 Å². The lowest BCUT2D eigenvalue weighted by Gasteiger charge is -2.17. The maximum absolute atomic E-state index is 14.1.